The first kappa shape index (κ1) is 14.2. The lowest BCUT2D eigenvalue weighted by Gasteiger charge is -2.27. The van der Waals surface area contributed by atoms with Crippen LogP contribution in [0.25, 0.3) is 0 Å². The van der Waals surface area contributed by atoms with Crippen molar-refractivity contribution in [2.75, 3.05) is 19.6 Å². The molecule has 0 radical (unpaired) electrons. The lowest BCUT2D eigenvalue weighted by atomic mass is 9.99. The highest BCUT2D eigenvalue weighted by Crippen LogP contribution is 2.06. The van der Waals surface area contributed by atoms with E-state index < -0.39 is 0 Å². The van der Waals surface area contributed by atoms with E-state index in [0.29, 0.717) is 0 Å². The second-order valence-corrected chi connectivity index (χ2v) is 4.74. The standard InChI is InChI=1S/C12H25N.ClH/c1-3-4-5-6-9-13-10-7-12(2)8-11-13;/h12H,3-11H2,1-2H3;1H. The minimum absolute atomic E-state index is 0. The van der Waals surface area contributed by atoms with Crippen molar-refractivity contribution >= 4 is 0 Å². The molecule has 1 heterocycles. The molecule has 1 aliphatic rings. The fourth-order valence-corrected chi connectivity index (χ4v) is 2.22. The third-order valence-corrected chi connectivity index (χ3v) is 3.37. The van der Waals surface area contributed by atoms with Crippen molar-refractivity contribution in [2.45, 2.75) is 52.4 Å². The minimum atomic E-state index is 0. The van der Waals surface area contributed by atoms with Gasteiger partial charge in [-0.1, -0.05) is 26.7 Å². The van der Waals surface area contributed by atoms with Gasteiger partial charge in [0.15, 0.2) is 0 Å². The van der Waals surface area contributed by atoms with Gasteiger partial charge in [-0.25, -0.2) is 0 Å². The average molecular weight is 220 g/mol. The molecular formula is C12H26ClN. The Hall–Kier alpha value is 0.250. The van der Waals surface area contributed by atoms with Crippen LogP contribution in [0.2, 0.25) is 0 Å². The summed E-state index contributed by atoms with van der Waals surface area (Å²) in [5.74, 6) is 0.999. The van der Waals surface area contributed by atoms with E-state index >= 15 is 0 Å². The van der Waals surface area contributed by atoms with Crippen molar-refractivity contribution in [3.8, 4) is 0 Å². The quantitative estimate of drug-likeness (QED) is 0.560. The zero-order chi connectivity index (χ0) is 9.52. The van der Waals surface area contributed by atoms with Crippen LogP contribution in [0.4, 0.5) is 0 Å². The van der Waals surface area contributed by atoms with Crippen LogP contribution in [0, 0.1) is 5.92 Å². The summed E-state index contributed by atoms with van der Waals surface area (Å²) in [6, 6.07) is 0. The van der Waals surface area contributed by atoms with Crippen LogP contribution < -0.4 is 17.3 Å². The van der Waals surface area contributed by atoms with Crippen LogP contribution in [0.15, 0.2) is 0 Å². The van der Waals surface area contributed by atoms with Crippen molar-refractivity contribution < 1.29 is 17.3 Å². The van der Waals surface area contributed by atoms with E-state index in [-0.39, 0.29) is 12.4 Å². The van der Waals surface area contributed by atoms with Gasteiger partial charge in [0.25, 0.3) is 0 Å². The number of nitrogens with one attached hydrogen (secondary N) is 1. The first-order valence-corrected chi connectivity index (χ1v) is 6.16. The molecule has 1 N–H and O–H groups in total. The second-order valence-electron chi connectivity index (χ2n) is 4.74. The van der Waals surface area contributed by atoms with E-state index in [4.69, 9.17) is 0 Å². The number of hydrogen-bond donors (Lipinski definition) is 1. The van der Waals surface area contributed by atoms with Gasteiger partial charge in [0.1, 0.15) is 0 Å². The smallest absolute Gasteiger partial charge is 0.0773 e. The number of halogens is 1. The lowest BCUT2D eigenvalue weighted by molar-refractivity contribution is -0.906. The van der Waals surface area contributed by atoms with E-state index in [1.165, 1.54) is 58.2 Å². The molecular weight excluding hydrogens is 194 g/mol. The predicted octanol–water partition coefficient (Wildman–Crippen LogP) is -1.11. The average Bonchev–Trinajstić information content (AvgIpc) is 2.15. The fourth-order valence-electron chi connectivity index (χ4n) is 2.22. The first-order chi connectivity index (χ1) is 6.33. The van der Waals surface area contributed by atoms with Gasteiger partial charge >= 0.3 is 0 Å². The van der Waals surface area contributed by atoms with Crippen LogP contribution in [0.1, 0.15) is 52.4 Å². The van der Waals surface area contributed by atoms with Crippen molar-refractivity contribution in [3.63, 3.8) is 0 Å². The monoisotopic (exact) mass is 219 g/mol. The van der Waals surface area contributed by atoms with Gasteiger partial charge in [-0.15, -0.1) is 0 Å². The molecule has 0 aliphatic carbocycles. The Morgan fingerprint density at radius 2 is 1.71 bits per heavy atom. The van der Waals surface area contributed by atoms with Crippen LogP contribution in [0.3, 0.4) is 0 Å². The molecule has 2 heteroatoms. The molecule has 0 spiro atoms. The first-order valence-electron chi connectivity index (χ1n) is 6.16. The van der Waals surface area contributed by atoms with E-state index in [2.05, 4.69) is 13.8 Å². The number of quaternary nitrogens is 1. The highest BCUT2D eigenvalue weighted by atomic mass is 35.5. The van der Waals surface area contributed by atoms with Crippen molar-refractivity contribution in [1.82, 2.24) is 0 Å². The Kier molecular flexibility index (Phi) is 8.70. The topological polar surface area (TPSA) is 4.44 Å². The summed E-state index contributed by atoms with van der Waals surface area (Å²) >= 11 is 0. The largest absolute Gasteiger partial charge is 1.00 e. The predicted molar refractivity (Wildman–Crippen MR) is 58.1 cm³/mol. The van der Waals surface area contributed by atoms with Crippen molar-refractivity contribution in [1.29, 1.82) is 0 Å². The fraction of sp³-hybridized carbons (Fsp3) is 1.00. The van der Waals surface area contributed by atoms with Gasteiger partial charge in [0.2, 0.25) is 0 Å². The molecule has 1 saturated heterocycles. The Morgan fingerprint density at radius 1 is 1.07 bits per heavy atom. The third kappa shape index (κ3) is 5.87. The summed E-state index contributed by atoms with van der Waals surface area (Å²) in [6.07, 6.45) is 8.63. The van der Waals surface area contributed by atoms with Crippen LogP contribution in [0.5, 0.6) is 0 Å². The van der Waals surface area contributed by atoms with Crippen LogP contribution in [-0.4, -0.2) is 19.6 Å². The van der Waals surface area contributed by atoms with Crippen molar-refractivity contribution in [3.05, 3.63) is 0 Å². The van der Waals surface area contributed by atoms with Gasteiger partial charge in [0, 0.05) is 0 Å². The van der Waals surface area contributed by atoms with Gasteiger partial charge in [-0.3, -0.25) is 0 Å². The minimum Gasteiger partial charge on any atom is -1.00 e. The highest BCUT2D eigenvalue weighted by molar-refractivity contribution is 4.55. The molecule has 0 aromatic heterocycles. The SMILES string of the molecule is CCCCCC[NH+]1CCC(C)CC1.[Cl-]. The summed E-state index contributed by atoms with van der Waals surface area (Å²) in [7, 11) is 0. The maximum Gasteiger partial charge on any atom is 0.0773 e. The van der Waals surface area contributed by atoms with E-state index in [0.717, 1.165) is 5.92 Å². The van der Waals surface area contributed by atoms with Gasteiger partial charge in [0.05, 0.1) is 19.6 Å². The molecule has 0 atom stereocenters. The Balaban J connectivity index is 0.00000169. The molecule has 0 amide bonds. The molecule has 14 heavy (non-hydrogen) atoms. The molecule has 0 saturated carbocycles. The summed E-state index contributed by atoms with van der Waals surface area (Å²) in [4.78, 5) is 1.87. The molecule has 0 aromatic carbocycles. The maximum absolute atomic E-state index is 2.40. The van der Waals surface area contributed by atoms with Crippen LogP contribution in [-0.2, 0) is 0 Å². The maximum atomic E-state index is 2.40. The number of hydrogen-bond acceptors (Lipinski definition) is 0. The van der Waals surface area contributed by atoms with E-state index in [1.807, 2.05) is 4.90 Å². The summed E-state index contributed by atoms with van der Waals surface area (Å²) in [5, 5.41) is 0. The molecule has 0 aromatic rings. The highest BCUT2D eigenvalue weighted by Gasteiger charge is 2.17. The number of piperidine rings is 1. The molecule has 86 valence electrons. The summed E-state index contributed by atoms with van der Waals surface area (Å²) in [5.41, 5.74) is 0. The van der Waals surface area contributed by atoms with Gasteiger partial charge < -0.3 is 17.3 Å². The number of rotatable bonds is 5. The zero-order valence-electron chi connectivity index (χ0n) is 9.82. The van der Waals surface area contributed by atoms with Gasteiger partial charge in [-0.2, -0.15) is 0 Å². The summed E-state index contributed by atoms with van der Waals surface area (Å²) in [6.45, 7) is 9.00. The normalized spacial score (nSPS) is 27.0. The number of likely N-dealkylation sites (tertiary alicyclic amines) is 1. The third-order valence-electron chi connectivity index (χ3n) is 3.37. The van der Waals surface area contributed by atoms with Crippen LogP contribution >= 0.6 is 0 Å². The lowest BCUT2D eigenvalue weighted by Crippen LogP contribution is -3.13. The molecule has 1 aliphatic heterocycles. The molecule has 1 rings (SSSR count). The Morgan fingerprint density at radius 3 is 2.29 bits per heavy atom. The molecule has 0 unspecified atom stereocenters. The molecule has 1 nitrogen and oxygen atoms in total. The van der Waals surface area contributed by atoms with Gasteiger partial charge in [-0.05, 0) is 31.6 Å². The Labute approximate surface area is 95.7 Å². The molecule has 0 bridgehead atoms. The molecule has 1 fully saturated rings. The zero-order valence-corrected chi connectivity index (χ0v) is 10.6. The Bertz CT molecular complexity index is 119. The van der Waals surface area contributed by atoms with Crippen molar-refractivity contribution in [2.24, 2.45) is 5.92 Å². The second kappa shape index (κ2) is 8.55. The van der Waals surface area contributed by atoms with E-state index in [1.54, 1.807) is 0 Å². The summed E-state index contributed by atoms with van der Waals surface area (Å²) < 4.78 is 0. The van der Waals surface area contributed by atoms with E-state index in [9.17, 15) is 0 Å². The number of unbranched alkanes of at least 4 members (excludes halogenated alkanes) is 3.